The van der Waals surface area contributed by atoms with Gasteiger partial charge in [-0.15, -0.1) is 0 Å². The molecule has 2 nitrogen and oxygen atoms in total. The monoisotopic (exact) mass is 256 g/mol. The van der Waals surface area contributed by atoms with Crippen LogP contribution in [0.25, 0.3) is 21.5 Å². The highest BCUT2D eigenvalue weighted by molar-refractivity contribution is 6.42. The van der Waals surface area contributed by atoms with E-state index in [-0.39, 0.29) is 0 Å². The van der Waals surface area contributed by atoms with Crippen molar-refractivity contribution in [1.29, 1.82) is 0 Å². The van der Waals surface area contributed by atoms with Crippen molar-refractivity contribution in [1.82, 2.24) is 0 Å². The summed E-state index contributed by atoms with van der Waals surface area (Å²) in [5.41, 5.74) is 0.311. The molecule has 3 aromatic carbocycles. The standard InChI is InChI=1S/C15H9ClO2/c16-14-11-7-3-1-5-9(11)13(15(17)18)10-6-2-4-8-12(10)14/h1-8H,(H,17,18). The number of benzene rings is 3. The number of carboxylic acid groups (broad SMARTS) is 1. The maximum Gasteiger partial charge on any atom is 0.336 e. The minimum atomic E-state index is -0.931. The van der Waals surface area contributed by atoms with E-state index in [1.54, 1.807) is 12.1 Å². The third-order valence-electron chi connectivity index (χ3n) is 3.08. The topological polar surface area (TPSA) is 37.3 Å². The van der Waals surface area contributed by atoms with Crippen LogP contribution in [0.3, 0.4) is 0 Å². The molecule has 3 aromatic rings. The third kappa shape index (κ3) is 1.46. The maximum absolute atomic E-state index is 11.5. The van der Waals surface area contributed by atoms with E-state index in [2.05, 4.69) is 0 Å². The molecule has 0 aliphatic carbocycles. The Labute approximate surface area is 108 Å². The highest BCUT2D eigenvalue weighted by Crippen LogP contribution is 2.35. The fourth-order valence-corrected chi connectivity index (χ4v) is 2.64. The van der Waals surface area contributed by atoms with Crippen molar-refractivity contribution >= 4 is 39.1 Å². The number of fused-ring (bicyclic) bond motifs is 2. The first-order valence-electron chi connectivity index (χ1n) is 5.52. The van der Waals surface area contributed by atoms with Crippen LogP contribution >= 0.6 is 11.6 Å². The number of aromatic carboxylic acids is 1. The highest BCUT2D eigenvalue weighted by atomic mass is 35.5. The molecule has 0 amide bonds. The van der Waals surface area contributed by atoms with Crippen LogP contribution in [-0.2, 0) is 0 Å². The zero-order valence-corrected chi connectivity index (χ0v) is 10.1. The summed E-state index contributed by atoms with van der Waals surface area (Å²) in [7, 11) is 0. The Morgan fingerprint density at radius 3 is 1.61 bits per heavy atom. The van der Waals surface area contributed by atoms with Crippen LogP contribution in [0.1, 0.15) is 10.4 Å². The average molecular weight is 257 g/mol. The van der Waals surface area contributed by atoms with Crippen LogP contribution < -0.4 is 0 Å². The van der Waals surface area contributed by atoms with Gasteiger partial charge in [0.05, 0.1) is 10.6 Å². The summed E-state index contributed by atoms with van der Waals surface area (Å²) < 4.78 is 0. The summed E-state index contributed by atoms with van der Waals surface area (Å²) in [5, 5.41) is 12.9. The van der Waals surface area contributed by atoms with E-state index in [4.69, 9.17) is 11.6 Å². The molecule has 0 saturated heterocycles. The van der Waals surface area contributed by atoms with Crippen LogP contribution in [-0.4, -0.2) is 11.1 Å². The van der Waals surface area contributed by atoms with Gasteiger partial charge in [0.1, 0.15) is 0 Å². The number of halogens is 1. The van der Waals surface area contributed by atoms with Gasteiger partial charge in [-0.3, -0.25) is 0 Å². The minimum absolute atomic E-state index is 0.311. The molecule has 0 unspecified atom stereocenters. The van der Waals surface area contributed by atoms with Crippen molar-refractivity contribution in [3.63, 3.8) is 0 Å². The van der Waals surface area contributed by atoms with E-state index in [9.17, 15) is 9.90 Å². The number of carboxylic acids is 1. The van der Waals surface area contributed by atoms with Gasteiger partial charge in [-0.05, 0) is 10.8 Å². The van der Waals surface area contributed by atoms with Crippen molar-refractivity contribution < 1.29 is 9.90 Å². The van der Waals surface area contributed by atoms with Gasteiger partial charge in [-0.25, -0.2) is 4.79 Å². The van der Waals surface area contributed by atoms with Crippen LogP contribution in [0.15, 0.2) is 48.5 Å². The molecule has 3 rings (SSSR count). The maximum atomic E-state index is 11.5. The van der Waals surface area contributed by atoms with E-state index in [0.29, 0.717) is 21.4 Å². The van der Waals surface area contributed by atoms with Gasteiger partial charge in [-0.2, -0.15) is 0 Å². The minimum Gasteiger partial charge on any atom is -0.478 e. The van der Waals surface area contributed by atoms with Crippen molar-refractivity contribution in [2.45, 2.75) is 0 Å². The van der Waals surface area contributed by atoms with Gasteiger partial charge in [-0.1, -0.05) is 60.1 Å². The van der Waals surface area contributed by atoms with E-state index in [0.717, 1.165) is 10.8 Å². The Bertz CT molecular complexity index is 721. The molecule has 0 spiro atoms. The molecule has 0 bridgehead atoms. The SMILES string of the molecule is O=C(O)c1c2ccccc2c(Cl)c2ccccc12. The molecule has 1 N–H and O–H groups in total. The van der Waals surface area contributed by atoms with Gasteiger partial charge in [0.25, 0.3) is 0 Å². The lowest BCUT2D eigenvalue weighted by Gasteiger charge is -2.10. The number of rotatable bonds is 1. The fourth-order valence-electron chi connectivity index (χ4n) is 2.31. The lowest BCUT2D eigenvalue weighted by molar-refractivity contribution is 0.0701. The zero-order chi connectivity index (χ0) is 12.7. The molecule has 18 heavy (non-hydrogen) atoms. The molecular formula is C15H9ClO2. The summed E-state index contributed by atoms with van der Waals surface area (Å²) in [5.74, 6) is -0.931. The van der Waals surface area contributed by atoms with Gasteiger partial charge in [0.2, 0.25) is 0 Å². The summed E-state index contributed by atoms with van der Waals surface area (Å²) in [6.07, 6.45) is 0. The van der Waals surface area contributed by atoms with Gasteiger partial charge in [0, 0.05) is 10.8 Å². The van der Waals surface area contributed by atoms with E-state index >= 15 is 0 Å². The quantitative estimate of drug-likeness (QED) is 0.658. The normalized spacial score (nSPS) is 10.9. The lowest BCUT2D eigenvalue weighted by atomic mass is 9.97. The van der Waals surface area contributed by atoms with Crippen LogP contribution in [0.2, 0.25) is 5.02 Å². The Hall–Kier alpha value is -2.06. The molecule has 0 fully saturated rings. The van der Waals surface area contributed by atoms with Crippen molar-refractivity contribution in [3.8, 4) is 0 Å². The Kier molecular flexibility index (Phi) is 2.46. The first kappa shape index (κ1) is 11.1. The first-order chi connectivity index (χ1) is 8.70. The molecule has 3 heteroatoms. The largest absolute Gasteiger partial charge is 0.478 e. The molecule has 0 aliphatic rings. The van der Waals surface area contributed by atoms with Crippen LogP contribution in [0.4, 0.5) is 0 Å². The number of hydrogen-bond donors (Lipinski definition) is 1. The van der Waals surface area contributed by atoms with Crippen molar-refractivity contribution in [2.75, 3.05) is 0 Å². The van der Waals surface area contributed by atoms with Crippen molar-refractivity contribution in [2.24, 2.45) is 0 Å². The predicted octanol–water partition coefficient (Wildman–Crippen LogP) is 4.34. The second-order valence-electron chi connectivity index (χ2n) is 4.09. The predicted molar refractivity (Wildman–Crippen MR) is 73.4 cm³/mol. The van der Waals surface area contributed by atoms with Gasteiger partial charge < -0.3 is 5.11 Å². The Morgan fingerprint density at radius 2 is 1.22 bits per heavy atom. The summed E-state index contributed by atoms with van der Waals surface area (Å²) in [6.45, 7) is 0. The second-order valence-corrected chi connectivity index (χ2v) is 4.46. The Morgan fingerprint density at radius 1 is 0.833 bits per heavy atom. The molecular weight excluding hydrogens is 248 g/mol. The first-order valence-corrected chi connectivity index (χ1v) is 5.90. The smallest absolute Gasteiger partial charge is 0.336 e. The van der Waals surface area contributed by atoms with Gasteiger partial charge in [0.15, 0.2) is 0 Å². The Balaban J connectivity index is 2.67. The number of hydrogen-bond acceptors (Lipinski definition) is 1. The molecule has 0 aliphatic heterocycles. The average Bonchev–Trinajstić information content (AvgIpc) is 2.39. The number of carbonyl (C=O) groups is 1. The van der Waals surface area contributed by atoms with E-state index in [1.807, 2.05) is 36.4 Å². The molecule has 88 valence electrons. The van der Waals surface area contributed by atoms with Crippen LogP contribution in [0, 0.1) is 0 Å². The molecule has 0 radical (unpaired) electrons. The summed E-state index contributed by atoms with van der Waals surface area (Å²) in [6, 6.07) is 14.6. The van der Waals surface area contributed by atoms with Gasteiger partial charge >= 0.3 is 5.97 Å². The van der Waals surface area contributed by atoms with E-state index < -0.39 is 5.97 Å². The highest BCUT2D eigenvalue weighted by Gasteiger charge is 2.16. The summed E-state index contributed by atoms with van der Waals surface area (Å²) in [4.78, 5) is 11.5. The molecule has 0 saturated carbocycles. The lowest BCUT2D eigenvalue weighted by Crippen LogP contribution is -1.99. The molecule has 0 heterocycles. The zero-order valence-electron chi connectivity index (χ0n) is 9.35. The van der Waals surface area contributed by atoms with Crippen LogP contribution in [0.5, 0.6) is 0 Å². The molecule has 0 aromatic heterocycles. The molecule has 0 atom stereocenters. The second kappa shape index (κ2) is 4.00. The van der Waals surface area contributed by atoms with E-state index in [1.165, 1.54) is 0 Å². The van der Waals surface area contributed by atoms with Crippen molar-refractivity contribution in [3.05, 3.63) is 59.1 Å². The fraction of sp³-hybridized carbons (Fsp3) is 0. The summed E-state index contributed by atoms with van der Waals surface area (Å²) >= 11 is 6.36. The third-order valence-corrected chi connectivity index (χ3v) is 3.49.